The molecule has 0 radical (unpaired) electrons. The largest absolute Gasteiger partial charge is 0.309 e. The first-order valence-electron chi connectivity index (χ1n) is 6.14. The van der Waals surface area contributed by atoms with Gasteiger partial charge in [-0.3, -0.25) is 0 Å². The quantitative estimate of drug-likeness (QED) is 0.886. The Labute approximate surface area is 116 Å². The monoisotopic (exact) mass is 281 g/mol. The molecule has 1 aromatic carbocycles. The summed E-state index contributed by atoms with van der Waals surface area (Å²) in [7, 11) is 1.72. The second kappa shape index (κ2) is 5.39. The highest BCUT2D eigenvalue weighted by molar-refractivity contribution is 7.12. The van der Waals surface area contributed by atoms with Crippen LogP contribution in [-0.4, -0.2) is 7.05 Å². The molecule has 1 N–H and O–H groups in total. The predicted octanol–water partition coefficient (Wildman–Crippen LogP) is 4.26. The molecule has 0 saturated heterocycles. The zero-order valence-corrected chi connectivity index (χ0v) is 12.3. The fraction of sp³-hybridized carbons (Fsp3) is 0.333. The number of hydrogen-bond donors (Lipinski definition) is 1. The summed E-state index contributed by atoms with van der Waals surface area (Å²) >= 11 is 1.64. The van der Waals surface area contributed by atoms with Crippen LogP contribution >= 0.6 is 11.3 Å². The van der Waals surface area contributed by atoms with Crippen LogP contribution in [0.3, 0.4) is 0 Å². The van der Waals surface area contributed by atoms with E-state index in [1.165, 1.54) is 12.1 Å². The standard InChI is InChI=1S/C15H17F2NS/c1-8-5-6-12(16)13(14(8)17)15(18-4)11-7-9(2)19-10(11)3/h5-7,15,18H,1-4H3. The van der Waals surface area contributed by atoms with Crippen molar-refractivity contribution in [1.82, 2.24) is 5.32 Å². The number of thiophene rings is 1. The molecular weight excluding hydrogens is 264 g/mol. The lowest BCUT2D eigenvalue weighted by atomic mass is 9.96. The van der Waals surface area contributed by atoms with Crippen LogP contribution in [0.2, 0.25) is 0 Å². The Morgan fingerprint density at radius 3 is 2.37 bits per heavy atom. The first kappa shape index (κ1) is 14.2. The second-order valence-corrected chi connectivity index (χ2v) is 6.14. The number of benzene rings is 1. The van der Waals surface area contributed by atoms with E-state index in [1.807, 2.05) is 19.9 Å². The number of halogens is 2. The molecule has 1 unspecified atom stereocenters. The second-order valence-electron chi connectivity index (χ2n) is 4.68. The molecule has 0 amide bonds. The summed E-state index contributed by atoms with van der Waals surface area (Å²) < 4.78 is 28.3. The van der Waals surface area contributed by atoms with Crippen molar-refractivity contribution < 1.29 is 8.78 Å². The minimum Gasteiger partial charge on any atom is -0.309 e. The minimum atomic E-state index is -0.509. The van der Waals surface area contributed by atoms with Gasteiger partial charge in [0.15, 0.2) is 0 Å². The number of hydrogen-bond acceptors (Lipinski definition) is 2. The summed E-state index contributed by atoms with van der Waals surface area (Å²) in [4.78, 5) is 2.22. The van der Waals surface area contributed by atoms with E-state index in [2.05, 4.69) is 5.32 Å². The summed E-state index contributed by atoms with van der Waals surface area (Å²) in [6.45, 7) is 5.62. The van der Waals surface area contributed by atoms with Crippen molar-refractivity contribution in [2.75, 3.05) is 7.05 Å². The number of rotatable bonds is 3. The van der Waals surface area contributed by atoms with Gasteiger partial charge in [0.2, 0.25) is 0 Å². The SMILES string of the molecule is CNC(c1cc(C)sc1C)c1c(F)ccc(C)c1F. The Hall–Kier alpha value is -1.26. The minimum absolute atomic E-state index is 0.100. The van der Waals surface area contributed by atoms with E-state index in [-0.39, 0.29) is 5.56 Å². The molecule has 102 valence electrons. The Morgan fingerprint density at radius 2 is 1.84 bits per heavy atom. The summed E-state index contributed by atoms with van der Waals surface area (Å²) in [5.74, 6) is -0.978. The molecular formula is C15H17F2NS. The van der Waals surface area contributed by atoms with E-state index in [4.69, 9.17) is 0 Å². The van der Waals surface area contributed by atoms with Crippen molar-refractivity contribution in [1.29, 1.82) is 0 Å². The van der Waals surface area contributed by atoms with Gasteiger partial charge >= 0.3 is 0 Å². The van der Waals surface area contributed by atoms with Crippen molar-refractivity contribution in [2.45, 2.75) is 26.8 Å². The average molecular weight is 281 g/mol. The highest BCUT2D eigenvalue weighted by atomic mass is 32.1. The summed E-state index contributed by atoms with van der Waals surface area (Å²) in [6.07, 6.45) is 0. The fourth-order valence-corrected chi connectivity index (χ4v) is 3.30. The summed E-state index contributed by atoms with van der Waals surface area (Å²) in [5.41, 5.74) is 1.50. The van der Waals surface area contributed by atoms with Gasteiger partial charge in [0, 0.05) is 15.3 Å². The third kappa shape index (κ3) is 2.55. The molecule has 0 saturated carbocycles. The van der Waals surface area contributed by atoms with Crippen LogP contribution in [-0.2, 0) is 0 Å². The predicted molar refractivity (Wildman–Crippen MR) is 75.8 cm³/mol. The lowest BCUT2D eigenvalue weighted by Crippen LogP contribution is -2.21. The van der Waals surface area contributed by atoms with Crippen LogP contribution < -0.4 is 5.32 Å². The van der Waals surface area contributed by atoms with Gasteiger partial charge in [-0.1, -0.05) is 6.07 Å². The topological polar surface area (TPSA) is 12.0 Å². The lowest BCUT2D eigenvalue weighted by molar-refractivity contribution is 0.517. The Bertz CT molecular complexity index is 604. The highest BCUT2D eigenvalue weighted by Gasteiger charge is 2.24. The first-order valence-corrected chi connectivity index (χ1v) is 6.96. The van der Waals surface area contributed by atoms with E-state index in [0.717, 1.165) is 15.3 Å². The van der Waals surface area contributed by atoms with Crippen molar-refractivity contribution in [2.24, 2.45) is 0 Å². The number of nitrogens with one attached hydrogen (secondary N) is 1. The van der Waals surface area contributed by atoms with E-state index in [1.54, 1.807) is 25.3 Å². The van der Waals surface area contributed by atoms with Gasteiger partial charge in [-0.15, -0.1) is 11.3 Å². The van der Waals surface area contributed by atoms with E-state index in [0.29, 0.717) is 5.56 Å². The number of aryl methyl sites for hydroxylation is 3. The maximum Gasteiger partial charge on any atom is 0.134 e. The Kier molecular flexibility index (Phi) is 4.02. The van der Waals surface area contributed by atoms with E-state index in [9.17, 15) is 8.78 Å². The zero-order chi connectivity index (χ0) is 14.2. The third-order valence-corrected chi connectivity index (χ3v) is 4.27. The molecule has 1 aromatic heterocycles. The van der Waals surface area contributed by atoms with Crippen molar-refractivity contribution >= 4 is 11.3 Å². The van der Waals surface area contributed by atoms with E-state index < -0.39 is 17.7 Å². The lowest BCUT2D eigenvalue weighted by Gasteiger charge is -2.19. The van der Waals surface area contributed by atoms with E-state index >= 15 is 0 Å². The molecule has 0 aliphatic carbocycles. The average Bonchev–Trinajstić information content (AvgIpc) is 2.69. The van der Waals surface area contributed by atoms with Crippen LogP contribution in [0, 0.1) is 32.4 Å². The molecule has 0 fully saturated rings. The first-order chi connectivity index (χ1) is 8.95. The maximum atomic E-state index is 14.2. The molecule has 0 aliphatic heterocycles. The summed E-state index contributed by atoms with van der Waals surface area (Å²) in [5, 5.41) is 3.02. The van der Waals surface area contributed by atoms with Gasteiger partial charge in [0.1, 0.15) is 11.6 Å². The molecule has 0 aliphatic rings. The van der Waals surface area contributed by atoms with Gasteiger partial charge in [-0.2, -0.15) is 0 Å². The molecule has 0 bridgehead atoms. The maximum absolute atomic E-state index is 14.2. The van der Waals surface area contributed by atoms with Crippen molar-refractivity contribution in [3.63, 3.8) is 0 Å². The van der Waals surface area contributed by atoms with Crippen molar-refractivity contribution in [3.05, 3.63) is 56.3 Å². The van der Waals surface area contributed by atoms with Crippen LogP contribution in [0.1, 0.15) is 32.5 Å². The Balaban J connectivity index is 2.61. The van der Waals surface area contributed by atoms with Crippen LogP contribution in [0.5, 0.6) is 0 Å². The van der Waals surface area contributed by atoms with Crippen LogP contribution in [0.25, 0.3) is 0 Å². The highest BCUT2D eigenvalue weighted by Crippen LogP contribution is 2.33. The van der Waals surface area contributed by atoms with Crippen LogP contribution in [0.4, 0.5) is 8.78 Å². The molecule has 2 aromatic rings. The zero-order valence-electron chi connectivity index (χ0n) is 11.5. The molecule has 1 atom stereocenters. The molecule has 4 heteroatoms. The van der Waals surface area contributed by atoms with Gasteiger partial charge in [0.05, 0.1) is 6.04 Å². The Morgan fingerprint density at radius 1 is 1.16 bits per heavy atom. The van der Waals surface area contributed by atoms with Gasteiger partial charge < -0.3 is 5.32 Å². The molecule has 0 spiro atoms. The van der Waals surface area contributed by atoms with Crippen LogP contribution in [0.15, 0.2) is 18.2 Å². The summed E-state index contributed by atoms with van der Waals surface area (Å²) in [6, 6.07) is 4.33. The van der Waals surface area contributed by atoms with Gasteiger partial charge in [-0.25, -0.2) is 8.78 Å². The fourth-order valence-electron chi connectivity index (χ4n) is 2.34. The van der Waals surface area contributed by atoms with Crippen molar-refractivity contribution in [3.8, 4) is 0 Å². The van der Waals surface area contributed by atoms with Gasteiger partial charge in [0.25, 0.3) is 0 Å². The normalized spacial score (nSPS) is 12.7. The smallest absolute Gasteiger partial charge is 0.134 e. The van der Waals surface area contributed by atoms with Gasteiger partial charge in [-0.05, 0) is 51.1 Å². The molecule has 1 heterocycles. The molecule has 19 heavy (non-hydrogen) atoms. The molecule has 2 rings (SSSR count). The molecule has 1 nitrogen and oxygen atoms in total. The third-order valence-electron chi connectivity index (χ3n) is 3.29.